The molecular formula is C16H20N4O2. The Hall–Kier alpha value is -2.37. The molecule has 3 rings (SSSR count). The lowest BCUT2D eigenvalue weighted by Crippen LogP contribution is -2.49. The number of carbonyl (C=O) groups excluding carboxylic acids is 1. The highest BCUT2D eigenvalue weighted by Crippen LogP contribution is 2.19. The molecule has 0 aromatic carbocycles. The molecule has 0 aliphatic carbocycles. The molecule has 0 saturated carbocycles. The number of nitrogens with zero attached hydrogens (tertiary/aromatic N) is 4. The summed E-state index contributed by atoms with van der Waals surface area (Å²) in [5.41, 5.74) is 1.38. The van der Waals surface area contributed by atoms with Gasteiger partial charge >= 0.3 is 0 Å². The Kier molecular flexibility index (Phi) is 4.09. The molecule has 116 valence electrons. The highest BCUT2D eigenvalue weighted by Gasteiger charge is 2.27. The summed E-state index contributed by atoms with van der Waals surface area (Å²) in [6.07, 6.45) is 2.49. The zero-order valence-corrected chi connectivity index (χ0v) is 13.0. The first-order chi connectivity index (χ1) is 10.7. The van der Waals surface area contributed by atoms with E-state index in [2.05, 4.69) is 15.0 Å². The van der Waals surface area contributed by atoms with Gasteiger partial charge in [-0.25, -0.2) is 4.98 Å². The first kappa shape index (κ1) is 14.6. The summed E-state index contributed by atoms with van der Waals surface area (Å²) in [6, 6.07) is 5.88. The van der Waals surface area contributed by atoms with Crippen LogP contribution in [0.25, 0.3) is 0 Å². The summed E-state index contributed by atoms with van der Waals surface area (Å²) in [5, 5.41) is 3.97. The summed E-state index contributed by atoms with van der Waals surface area (Å²) in [4.78, 5) is 21.1. The molecule has 1 fully saturated rings. The Morgan fingerprint density at radius 1 is 1.27 bits per heavy atom. The Morgan fingerprint density at radius 2 is 2.05 bits per heavy atom. The van der Waals surface area contributed by atoms with Crippen LogP contribution in [-0.2, 0) is 6.42 Å². The third-order valence-electron chi connectivity index (χ3n) is 4.02. The van der Waals surface area contributed by atoms with Crippen LogP contribution in [0.2, 0.25) is 0 Å². The molecule has 0 atom stereocenters. The van der Waals surface area contributed by atoms with E-state index in [4.69, 9.17) is 4.52 Å². The van der Waals surface area contributed by atoms with Crippen molar-refractivity contribution in [1.29, 1.82) is 0 Å². The van der Waals surface area contributed by atoms with Gasteiger partial charge in [0.05, 0.1) is 5.69 Å². The van der Waals surface area contributed by atoms with Crippen LogP contribution < -0.4 is 4.90 Å². The van der Waals surface area contributed by atoms with Gasteiger partial charge in [0.25, 0.3) is 5.91 Å². The van der Waals surface area contributed by atoms with Gasteiger partial charge in [0.2, 0.25) is 0 Å². The number of piperazine rings is 1. The molecule has 1 saturated heterocycles. The lowest BCUT2D eigenvalue weighted by Gasteiger charge is -2.35. The molecule has 0 bridgehead atoms. The molecule has 3 heterocycles. The fraction of sp³-hybridized carbons (Fsp3) is 0.438. The number of hydrogen-bond acceptors (Lipinski definition) is 5. The van der Waals surface area contributed by atoms with Gasteiger partial charge in [0.1, 0.15) is 17.1 Å². The van der Waals surface area contributed by atoms with Crippen LogP contribution in [0.3, 0.4) is 0 Å². The third-order valence-corrected chi connectivity index (χ3v) is 4.02. The number of aromatic nitrogens is 2. The van der Waals surface area contributed by atoms with Gasteiger partial charge in [-0.15, -0.1) is 0 Å². The fourth-order valence-corrected chi connectivity index (χ4v) is 2.77. The van der Waals surface area contributed by atoms with Crippen LogP contribution in [0.4, 0.5) is 5.82 Å². The van der Waals surface area contributed by atoms with E-state index in [1.165, 1.54) is 0 Å². The average molecular weight is 300 g/mol. The zero-order valence-electron chi connectivity index (χ0n) is 13.0. The zero-order chi connectivity index (χ0) is 15.5. The third kappa shape index (κ3) is 2.68. The summed E-state index contributed by atoms with van der Waals surface area (Å²) in [7, 11) is 0. The Balaban J connectivity index is 1.69. The summed E-state index contributed by atoms with van der Waals surface area (Å²) >= 11 is 0. The summed E-state index contributed by atoms with van der Waals surface area (Å²) in [5.74, 6) is 1.59. The minimum absolute atomic E-state index is 0.0243. The molecule has 1 amide bonds. The van der Waals surface area contributed by atoms with E-state index < -0.39 is 0 Å². The quantitative estimate of drug-likeness (QED) is 0.866. The van der Waals surface area contributed by atoms with Gasteiger partial charge < -0.3 is 14.3 Å². The number of aryl methyl sites for hydroxylation is 2. The van der Waals surface area contributed by atoms with Crippen molar-refractivity contribution in [3.63, 3.8) is 0 Å². The first-order valence-electron chi connectivity index (χ1n) is 7.61. The van der Waals surface area contributed by atoms with E-state index in [0.29, 0.717) is 30.8 Å². The van der Waals surface area contributed by atoms with Crippen molar-refractivity contribution in [1.82, 2.24) is 15.0 Å². The summed E-state index contributed by atoms with van der Waals surface area (Å²) in [6.45, 7) is 6.71. The van der Waals surface area contributed by atoms with Gasteiger partial charge in [-0.05, 0) is 25.5 Å². The predicted octanol–water partition coefficient (Wildman–Crippen LogP) is 1.90. The van der Waals surface area contributed by atoms with Crippen LogP contribution in [0.5, 0.6) is 0 Å². The summed E-state index contributed by atoms with van der Waals surface area (Å²) < 4.78 is 5.17. The molecule has 0 unspecified atom stereocenters. The molecule has 0 spiro atoms. The first-order valence-corrected chi connectivity index (χ1v) is 7.61. The number of pyridine rings is 1. The van der Waals surface area contributed by atoms with E-state index in [-0.39, 0.29) is 5.91 Å². The highest BCUT2D eigenvalue weighted by molar-refractivity contribution is 5.96. The van der Waals surface area contributed by atoms with Gasteiger partial charge in [0, 0.05) is 32.4 Å². The average Bonchev–Trinajstić information content (AvgIpc) is 2.96. The lowest BCUT2D eigenvalue weighted by atomic mass is 10.1. The largest absolute Gasteiger partial charge is 0.361 e. The van der Waals surface area contributed by atoms with E-state index in [0.717, 1.165) is 24.6 Å². The maximum atomic E-state index is 12.7. The Morgan fingerprint density at radius 3 is 2.68 bits per heavy atom. The monoisotopic (exact) mass is 300 g/mol. The second-order valence-corrected chi connectivity index (χ2v) is 5.38. The molecule has 6 heteroatoms. The van der Waals surface area contributed by atoms with Crippen LogP contribution in [0.15, 0.2) is 28.9 Å². The molecule has 22 heavy (non-hydrogen) atoms. The molecule has 1 aliphatic rings. The maximum absolute atomic E-state index is 12.7. The lowest BCUT2D eigenvalue weighted by molar-refractivity contribution is 0.0744. The van der Waals surface area contributed by atoms with Crippen molar-refractivity contribution in [2.45, 2.75) is 20.3 Å². The highest BCUT2D eigenvalue weighted by atomic mass is 16.5. The van der Waals surface area contributed by atoms with Gasteiger partial charge in [-0.2, -0.15) is 0 Å². The molecule has 1 aliphatic heterocycles. The predicted molar refractivity (Wildman–Crippen MR) is 83.0 cm³/mol. The SMILES string of the molecule is CCc1noc(C)c1C(=O)N1CCN(c2ccccn2)CC1. The Bertz CT molecular complexity index is 645. The van der Waals surface area contributed by atoms with Crippen molar-refractivity contribution in [2.24, 2.45) is 0 Å². The van der Waals surface area contributed by atoms with E-state index in [9.17, 15) is 4.79 Å². The normalized spacial score (nSPS) is 15.2. The van der Waals surface area contributed by atoms with Gasteiger partial charge in [0.15, 0.2) is 0 Å². The molecule has 2 aromatic rings. The Labute approximate surface area is 129 Å². The van der Waals surface area contributed by atoms with Crippen molar-refractivity contribution in [2.75, 3.05) is 31.1 Å². The van der Waals surface area contributed by atoms with Crippen LogP contribution >= 0.6 is 0 Å². The molecule has 0 N–H and O–H groups in total. The van der Waals surface area contributed by atoms with E-state index >= 15 is 0 Å². The maximum Gasteiger partial charge on any atom is 0.259 e. The molecular weight excluding hydrogens is 280 g/mol. The van der Waals surface area contributed by atoms with Crippen LogP contribution in [-0.4, -0.2) is 47.1 Å². The topological polar surface area (TPSA) is 62.5 Å². The van der Waals surface area contributed by atoms with Gasteiger partial charge in [-0.3, -0.25) is 4.79 Å². The standard InChI is InChI=1S/C16H20N4O2/c1-3-13-15(12(2)22-18-13)16(21)20-10-8-19(9-11-20)14-6-4-5-7-17-14/h4-7H,3,8-11H2,1-2H3. The number of rotatable bonds is 3. The minimum Gasteiger partial charge on any atom is -0.361 e. The second kappa shape index (κ2) is 6.17. The van der Waals surface area contributed by atoms with E-state index in [1.807, 2.05) is 30.0 Å². The number of amides is 1. The number of carbonyl (C=O) groups is 1. The number of anilines is 1. The van der Waals surface area contributed by atoms with Crippen molar-refractivity contribution in [3.05, 3.63) is 41.4 Å². The van der Waals surface area contributed by atoms with Crippen molar-refractivity contribution in [3.8, 4) is 0 Å². The molecule has 2 aromatic heterocycles. The molecule has 6 nitrogen and oxygen atoms in total. The van der Waals surface area contributed by atoms with Crippen molar-refractivity contribution < 1.29 is 9.32 Å². The molecule has 0 radical (unpaired) electrons. The second-order valence-electron chi connectivity index (χ2n) is 5.38. The van der Waals surface area contributed by atoms with Crippen molar-refractivity contribution >= 4 is 11.7 Å². The number of hydrogen-bond donors (Lipinski definition) is 0. The smallest absolute Gasteiger partial charge is 0.259 e. The van der Waals surface area contributed by atoms with Crippen LogP contribution in [0.1, 0.15) is 28.7 Å². The minimum atomic E-state index is 0.0243. The van der Waals surface area contributed by atoms with Gasteiger partial charge in [-0.1, -0.05) is 18.1 Å². The van der Waals surface area contributed by atoms with E-state index in [1.54, 1.807) is 13.1 Å². The van der Waals surface area contributed by atoms with Crippen LogP contribution in [0, 0.1) is 6.92 Å². The fourth-order valence-electron chi connectivity index (χ4n) is 2.77.